The van der Waals surface area contributed by atoms with Crippen molar-refractivity contribution in [2.75, 3.05) is 6.26 Å². The van der Waals surface area contributed by atoms with Crippen LogP contribution in [-0.4, -0.2) is 11.4 Å². The molecule has 0 saturated heterocycles. The molecule has 0 fully saturated rings. The molecule has 0 saturated carbocycles. The van der Waals surface area contributed by atoms with Crippen LogP contribution in [-0.2, 0) is 5.60 Å². The smallest absolute Gasteiger partial charge is 0.0891 e. The Bertz CT molecular complexity index is 288. The highest BCUT2D eigenvalue weighted by Crippen LogP contribution is 2.29. The first-order valence-electron chi connectivity index (χ1n) is 4.85. The Morgan fingerprint density at radius 3 is 2.07 bits per heavy atom. The van der Waals surface area contributed by atoms with Crippen molar-refractivity contribution < 1.29 is 5.11 Å². The van der Waals surface area contributed by atoms with E-state index in [-0.39, 0.29) is 5.92 Å². The molecule has 78 valence electrons. The van der Waals surface area contributed by atoms with E-state index < -0.39 is 5.60 Å². The van der Waals surface area contributed by atoms with Crippen LogP contribution in [0.4, 0.5) is 0 Å². The van der Waals surface area contributed by atoms with E-state index in [0.717, 1.165) is 5.56 Å². The first kappa shape index (κ1) is 11.6. The Morgan fingerprint density at radius 1 is 1.21 bits per heavy atom. The first-order valence-corrected chi connectivity index (χ1v) is 6.08. The molecule has 2 heteroatoms. The number of hydrogen-bond acceptors (Lipinski definition) is 2. The third-order valence-electron chi connectivity index (χ3n) is 2.80. The lowest BCUT2D eigenvalue weighted by Gasteiger charge is -2.28. The number of benzene rings is 1. The Hall–Kier alpha value is -0.470. The van der Waals surface area contributed by atoms with Gasteiger partial charge in [0.25, 0.3) is 0 Å². The summed E-state index contributed by atoms with van der Waals surface area (Å²) < 4.78 is 0. The molecule has 0 aliphatic rings. The molecule has 0 spiro atoms. The fourth-order valence-electron chi connectivity index (χ4n) is 1.26. The van der Waals surface area contributed by atoms with Gasteiger partial charge < -0.3 is 5.11 Å². The van der Waals surface area contributed by atoms with Crippen molar-refractivity contribution in [2.45, 2.75) is 31.3 Å². The average Bonchev–Trinajstić information content (AvgIpc) is 2.17. The Balaban J connectivity index is 2.97. The van der Waals surface area contributed by atoms with Crippen LogP contribution in [0.3, 0.4) is 0 Å². The second-order valence-corrected chi connectivity index (χ2v) is 4.91. The van der Waals surface area contributed by atoms with Crippen LogP contribution in [0.1, 0.15) is 26.3 Å². The molecular formula is C12H18OS. The zero-order chi connectivity index (χ0) is 10.8. The van der Waals surface area contributed by atoms with Crippen molar-refractivity contribution >= 4 is 11.8 Å². The summed E-state index contributed by atoms with van der Waals surface area (Å²) >= 11 is 1.71. The summed E-state index contributed by atoms with van der Waals surface area (Å²) in [4.78, 5) is 1.23. The predicted molar refractivity (Wildman–Crippen MR) is 62.6 cm³/mol. The molecule has 1 aromatic rings. The standard InChI is InChI=1S/C12H18OS/c1-9(2)12(3,13)10-5-7-11(14-4)8-6-10/h5-9,13H,1-4H3. The van der Waals surface area contributed by atoms with Gasteiger partial charge in [0.1, 0.15) is 0 Å². The highest BCUT2D eigenvalue weighted by atomic mass is 32.2. The van der Waals surface area contributed by atoms with Crippen molar-refractivity contribution in [3.05, 3.63) is 29.8 Å². The van der Waals surface area contributed by atoms with Crippen molar-refractivity contribution in [1.82, 2.24) is 0 Å². The van der Waals surface area contributed by atoms with Gasteiger partial charge in [-0.25, -0.2) is 0 Å². The predicted octanol–water partition coefficient (Wildman–Crippen LogP) is 3.27. The summed E-state index contributed by atoms with van der Waals surface area (Å²) in [5, 5.41) is 10.2. The van der Waals surface area contributed by atoms with Gasteiger partial charge in [0, 0.05) is 4.90 Å². The molecule has 1 rings (SSSR count). The molecule has 1 nitrogen and oxygen atoms in total. The van der Waals surface area contributed by atoms with Crippen LogP contribution in [0.25, 0.3) is 0 Å². The van der Waals surface area contributed by atoms with Gasteiger partial charge in [-0.15, -0.1) is 11.8 Å². The van der Waals surface area contributed by atoms with Crippen molar-refractivity contribution in [3.63, 3.8) is 0 Å². The molecule has 14 heavy (non-hydrogen) atoms. The van der Waals surface area contributed by atoms with E-state index in [9.17, 15) is 5.11 Å². The third kappa shape index (κ3) is 2.31. The Labute approximate surface area is 90.5 Å². The van der Waals surface area contributed by atoms with Crippen LogP contribution < -0.4 is 0 Å². The van der Waals surface area contributed by atoms with Gasteiger partial charge in [0.15, 0.2) is 0 Å². The summed E-state index contributed by atoms with van der Waals surface area (Å²) in [6, 6.07) is 8.12. The van der Waals surface area contributed by atoms with Gasteiger partial charge >= 0.3 is 0 Å². The molecule has 0 aromatic heterocycles. The number of hydrogen-bond donors (Lipinski definition) is 1. The van der Waals surface area contributed by atoms with E-state index in [2.05, 4.69) is 18.4 Å². The van der Waals surface area contributed by atoms with Crippen LogP contribution in [0.5, 0.6) is 0 Å². The maximum atomic E-state index is 10.2. The fourth-order valence-corrected chi connectivity index (χ4v) is 1.67. The van der Waals surface area contributed by atoms with E-state index in [1.165, 1.54) is 4.90 Å². The minimum absolute atomic E-state index is 0.225. The molecule has 0 radical (unpaired) electrons. The van der Waals surface area contributed by atoms with Gasteiger partial charge in [-0.3, -0.25) is 0 Å². The SMILES string of the molecule is CSc1ccc(C(C)(O)C(C)C)cc1. The Kier molecular flexibility index (Phi) is 3.62. The summed E-state index contributed by atoms with van der Waals surface area (Å²) in [6.07, 6.45) is 2.05. The molecule has 1 aromatic carbocycles. The molecule has 0 aliphatic heterocycles. The zero-order valence-corrected chi connectivity index (χ0v) is 10.1. The molecule has 0 bridgehead atoms. The van der Waals surface area contributed by atoms with Crippen LogP contribution in [0.2, 0.25) is 0 Å². The van der Waals surface area contributed by atoms with Gasteiger partial charge in [-0.1, -0.05) is 26.0 Å². The second-order valence-electron chi connectivity index (χ2n) is 4.03. The third-order valence-corrected chi connectivity index (χ3v) is 3.54. The zero-order valence-electron chi connectivity index (χ0n) is 9.24. The first-order chi connectivity index (χ1) is 6.48. The lowest BCUT2D eigenvalue weighted by atomic mass is 9.85. The number of thioether (sulfide) groups is 1. The topological polar surface area (TPSA) is 20.2 Å². The summed E-state index contributed by atoms with van der Waals surface area (Å²) in [5.41, 5.74) is 0.266. The lowest BCUT2D eigenvalue weighted by molar-refractivity contribution is 0.00901. The molecule has 0 amide bonds. The lowest BCUT2D eigenvalue weighted by Crippen LogP contribution is -2.27. The summed E-state index contributed by atoms with van der Waals surface area (Å²) in [6.45, 7) is 5.93. The monoisotopic (exact) mass is 210 g/mol. The maximum Gasteiger partial charge on any atom is 0.0891 e. The van der Waals surface area contributed by atoms with E-state index in [4.69, 9.17) is 0 Å². The van der Waals surface area contributed by atoms with Gasteiger partial charge in [-0.2, -0.15) is 0 Å². The maximum absolute atomic E-state index is 10.2. The van der Waals surface area contributed by atoms with E-state index >= 15 is 0 Å². The number of aliphatic hydroxyl groups is 1. The van der Waals surface area contributed by atoms with Crippen LogP contribution in [0, 0.1) is 5.92 Å². The van der Waals surface area contributed by atoms with E-state index in [1.54, 1.807) is 11.8 Å². The normalized spacial score (nSPS) is 15.6. The molecule has 0 aliphatic carbocycles. The fraction of sp³-hybridized carbons (Fsp3) is 0.500. The Morgan fingerprint density at radius 2 is 1.71 bits per heavy atom. The van der Waals surface area contributed by atoms with E-state index in [0.29, 0.717) is 0 Å². The van der Waals surface area contributed by atoms with Gasteiger partial charge in [0.05, 0.1) is 5.60 Å². The van der Waals surface area contributed by atoms with Crippen molar-refractivity contribution in [2.24, 2.45) is 5.92 Å². The molecule has 0 heterocycles. The minimum atomic E-state index is -0.725. The molecule has 1 N–H and O–H groups in total. The highest BCUT2D eigenvalue weighted by molar-refractivity contribution is 7.98. The van der Waals surface area contributed by atoms with Crippen molar-refractivity contribution in [3.8, 4) is 0 Å². The quantitative estimate of drug-likeness (QED) is 0.773. The second kappa shape index (κ2) is 4.37. The largest absolute Gasteiger partial charge is 0.385 e. The number of rotatable bonds is 3. The summed E-state index contributed by atoms with van der Waals surface area (Å²) in [7, 11) is 0. The highest BCUT2D eigenvalue weighted by Gasteiger charge is 2.26. The van der Waals surface area contributed by atoms with Crippen molar-refractivity contribution in [1.29, 1.82) is 0 Å². The molecule has 1 unspecified atom stereocenters. The minimum Gasteiger partial charge on any atom is -0.385 e. The van der Waals surface area contributed by atoms with Gasteiger partial charge in [0.2, 0.25) is 0 Å². The van der Waals surface area contributed by atoms with Crippen LogP contribution in [0.15, 0.2) is 29.2 Å². The van der Waals surface area contributed by atoms with Crippen LogP contribution >= 0.6 is 11.8 Å². The van der Waals surface area contributed by atoms with Gasteiger partial charge in [-0.05, 0) is 36.8 Å². The molecule has 1 atom stereocenters. The average molecular weight is 210 g/mol. The summed E-state index contributed by atoms with van der Waals surface area (Å²) in [5.74, 6) is 0.225. The van der Waals surface area contributed by atoms with E-state index in [1.807, 2.05) is 32.9 Å². The molecular weight excluding hydrogens is 192 g/mol.